The molecular formula is C21H24O3Ti. The minimum Gasteiger partial charge on any atom is -0.508 e. The number of hydrogen-bond acceptors (Lipinski definition) is 3. The van der Waals surface area contributed by atoms with E-state index in [4.69, 9.17) is 15.3 Å². The summed E-state index contributed by atoms with van der Waals surface area (Å²) in [4.78, 5) is 0. The minimum atomic E-state index is 0. The first-order chi connectivity index (χ1) is 11.4. The van der Waals surface area contributed by atoms with Gasteiger partial charge in [-0.2, -0.15) is 0 Å². The summed E-state index contributed by atoms with van der Waals surface area (Å²) < 4.78 is 0. The van der Waals surface area contributed by atoms with Crippen molar-refractivity contribution in [3.05, 3.63) is 89.5 Å². The van der Waals surface area contributed by atoms with E-state index >= 15 is 0 Å². The maximum absolute atomic E-state index is 8.76. The van der Waals surface area contributed by atoms with E-state index in [1.165, 1.54) is 16.7 Å². The third kappa shape index (κ3) is 11.0. The first-order valence-electron chi connectivity index (χ1n) is 7.63. The quantitative estimate of drug-likeness (QED) is 0.481. The van der Waals surface area contributed by atoms with Gasteiger partial charge in [-0.1, -0.05) is 53.1 Å². The smallest absolute Gasteiger partial charge is 0.115 e. The molecule has 0 aliphatic carbocycles. The fraction of sp³-hybridized carbons (Fsp3) is 0.143. The molecule has 25 heavy (non-hydrogen) atoms. The predicted molar refractivity (Wildman–Crippen MR) is 98.5 cm³/mol. The Bertz CT molecular complexity index is 539. The Balaban J connectivity index is 0.000000339. The van der Waals surface area contributed by atoms with Crippen LogP contribution in [0.4, 0.5) is 0 Å². The number of aromatic hydroxyl groups is 3. The van der Waals surface area contributed by atoms with Gasteiger partial charge < -0.3 is 15.3 Å². The molecule has 0 aliphatic heterocycles. The first-order valence-corrected chi connectivity index (χ1v) is 7.63. The number of hydrogen-bond donors (Lipinski definition) is 3. The Labute approximate surface area is 164 Å². The number of phenols is 3. The van der Waals surface area contributed by atoms with Crippen LogP contribution in [0, 0.1) is 20.8 Å². The molecule has 0 aromatic heterocycles. The molecule has 3 rings (SSSR count). The number of benzene rings is 3. The van der Waals surface area contributed by atoms with Crippen molar-refractivity contribution in [2.75, 3.05) is 0 Å². The van der Waals surface area contributed by atoms with Gasteiger partial charge in [0.15, 0.2) is 0 Å². The second-order valence-corrected chi connectivity index (χ2v) is 5.51. The number of aryl methyl sites for hydroxylation is 3. The van der Waals surface area contributed by atoms with E-state index in [1.807, 2.05) is 57.2 Å². The molecule has 3 nitrogen and oxygen atoms in total. The molecule has 0 fully saturated rings. The average molecular weight is 372 g/mol. The molecule has 0 bridgehead atoms. The maximum Gasteiger partial charge on any atom is 0.115 e. The summed E-state index contributed by atoms with van der Waals surface area (Å²) in [5.74, 6) is 0.988. The zero-order valence-corrected chi connectivity index (χ0v) is 16.3. The third-order valence-corrected chi connectivity index (χ3v) is 3.10. The molecule has 3 aromatic carbocycles. The van der Waals surface area contributed by atoms with Crippen LogP contribution in [0.3, 0.4) is 0 Å². The van der Waals surface area contributed by atoms with Crippen LogP contribution in [0.5, 0.6) is 17.2 Å². The van der Waals surface area contributed by atoms with Crippen molar-refractivity contribution >= 4 is 0 Å². The standard InChI is InChI=1S/3C7H8O.Ti/c3*1-6-2-4-7(8)5-3-6;/h3*2-5,8H,1H3;. The maximum atomic E-state index is 8.76. The topological polar surface area (TPSA) is 60.7 Å². The van der Waals surface area contributed by atoms with Crippen LogP contribution in [0.15, 0.2) is 72.8 Å². The van der Waals surface area contributed by atoms with Crippen molar-refractivity contribution in [3.8, 4) is 17.2 Å². The van der Waals surface area contributed by atoms with Crippen LogP contribution >= 0.6 is 0 Å². The molecule has 0 aliphatic rings. The summed E-state index contributed by atoms with van der Waals surface area (Å²) in [5, 5.41) is 26.3. The summed E-state index contributed by atoms with van der Waals surface area (Å²) in [6, 6.07) is 21.3. The summed E-state index contributed by atoms with van der Waals surface area (Å²) in [6.07, 6.45) is 0. The van der Waals surface area contributed by atoms with E-state index < -0.39 is 0 Å². The van der Waals surface area contributed by atoms with Gasteiger partial charge in [-0.15, -0.1) is 0 Å². The second-order valence-electron chi connectivity index (χ2n) is 5.51. The molecular weight excluding hydrogens is 348 g/mol. The fourth-order valence-corrected chi connectivity index (χ4v) is 1.63. The van der Waals surface area contributed by atoms with Gasteiger partial charge in [0.1, 0.15) is 17.2 Å². The van der Waals surface area contributed by atoms with E-state index in [2.05, 4.69) is 0 Å². The minimum absolute atomic E-state index is 0. The molecule has 0 saturated heterocycles. The molecule has 3 aromatic rings. The Morgan fingerprint density at radius 1 is 0.400 bits per heavy atom. The van der Waals surface area contributed by atoms with Crippen LogP contribution in [-0.4, -0.2) is 15.3 Å². The summed E-state index contributed by atoms with van der Waals surface area (Å²) in [5.41, 5.74) is 3.51. The molecule has 0 amide bonds. The Hall–Kier alpha value is -2.23. The van der Waals surface area contributed by atoms with Gasteiger partial charge in [-0.05, 0) is 57.2 Å². The van der Waals surface area contributed by atoms with Crippen LogP contribution in [0.1, 0.15) is 16.7 Å². The van der Waals surface area contributed by atoms with Crippen molar-refractivity contribution in [2.24, 2.45) is 0 Å². The van der Waals surface area contributed by atoms with E-state index in [9.17, 15) is 0 Å². The zero-order chi connectivity index (χ0) is 17.9. The molecule has 4 heteroatoms. The molecule has 130 valence electrons. The zero-order valence-electron chi connectivity index (χ0n) is 14.8. The molecule has 0 saturated carbocycles. The van der Waals surface area contributed by atoms with E-state index in [0.29, 0.717) is 17.2 Å². The van der Waals surface area contributed by atoms with Crippen molar-refractivity contribution in [1.29, 1.82) is 0 Å². The average Bonchev–Trinajstić information content (AvgIpc) is 2.57. The third-order valence-electron chi connectivity index (χ3n) is 3.10. The van der Waals surface area contributed by atoms with E-state index in [-0.39, 0.29) is 21.7 Å². The largest absolute Gasteiger partial charge is 0.508 e. The van der Waals surface area contributed by atoms with Gasteiger partial charge in [0.25, 0.3) is 0 Å². The summed E-state index contributed by atoms with van der Waals surface area (Å²) in [7, 11) is 0. The van der Waals surface area contributed by atoms with Gasteiger partial charge in [0, 0.05) is 21.7 Å². The first kappa shape index (κ1) is 22.8. The SMILES string of the molecule is Cc1ccc(O)cc1.Cc1ccc(O)cc1.Cc1ccc(O)cc1.[Ti]. The monoisotopic (exact) mass is 372 g/mol. The Morgan fingerprint density at radius 3 is 0.680 bits per heavy atom. The van der Waals surface area contributed by atoms with Crippen molar-refractivity contribution < 1.29 is 37.0 Å². The van der Waals surface area contributed by atoms with Gasteiger partial charge in [0.2, 0.25) is 0 Å². The predicted octanol–water partition coefficient (Wildman–Crippen LogP) is 5.10. The molecule has 0 heterocycles. The van der Waals surface area contributed by atoms with Crippen LogP contribution in [0.25, 0.3) is 0 Å². The summed E-state index contributed by atoms with van der Waals surface area (Å²) in [6.45, 7) is 5.96. The van der Waals surface area contributed by atoms with Gasteiger partial charge >= 0.3 is 0 Å². The van der Waals surface area contributed by atoms with E-state index in [0.717, 1.165) is 0 Å². The van der Waals surface area contributed by atoms with Crippen LogP contribution in [-0.2, 0) is 21.7 Å². The van der Waals surface area contributed by atoms with E-state index in [1.54, 1.807) is 36.4 Å². The molecule has 0 radical (unpaired) electrons. The van der Waals surface area contributed by atoms with Crippen LogP contribution < -0.4 is 0 Å². The van der Waals surface area contributed by atoms with Crippen molar-refractivity contribution in [2.45, 2.75) is 20.8 Å². The number of phenolic OH excluding ortho intramolecular Hbond substituents is 3. The van der Waals surface area contributed by atoms with Gasteiger partial charge in [-0.3, -0.25) is 0 Å². The molecule has 3 N–H and O–H groups in total. The molecule has 0 atom stereocenters. The van der Waals surface area contributed by atoms with Crippen LogP contribution in [0.2, 0.25) is 0 Å². The van der Waals surface area contributed by atoms with Crippen molar-refractivity contribution in [3.63, 3.8) is 0 Å². The Morgan fingerprint density at radius 2 is 0.560 bits per heavy atom. The molecule has 0 spiro atoms. The normalized spacial score (nSPS) is 8.76. The van der Waals surface area contributed by atoms with Crippen molar-refractivity contribution in [1.82, 2.24) is 0 Å². The van der Waals surface area contributed by atoms with Gasteiger partial charge in [0.05, 0.1) is 0 Å². The Kier molecular flexibility index (Phi) is 11.1. The summed E-state index contributed by atoms with van der Waals surface area (Å²) >= 11 is 0. The second kappa shape index (κ2) is 12.2. The fourth-order valence-electron chi connectivity index (χ4n) is 1.63. The molecule has 0 unspecified atom stereocenters. The van der Waals surface area contributed by atoms with Gasteiger partial charge in [-0.25, -0.2) is 0 Å². The number of rotatable bonds is 0.